The minimum absolute atomic E-state index is 0.149. The van der Waals surface area contributed by atoms with Crippen molar-refractivity contribution in [1.29, 1.82) is 0 Å². The largest absolute Gasteiger partial charge is 0.317 e. The van der Waals surface area contributed by atoms with Crippen molar-refractivity contribution in [2.45, 2.75) is 39.0 Å². The SMILES string of the molecule is CCCNNCCCCNCCCN1C(=O)Cc2cc(Cl)c3ccccc3c2C1=O. The molecule has 0 radical (unpaired) electrons. The molecule has 0 saturated carbocycles. The van der Waals surface area contributed by atoms with Crippen LogP contribution >= 0.6 is 11.6 Å². The van der Waals surface area contributed by atoms with Gasteiger partial charge in [0.15, 0.2) is 0 Å². The summed E-state index contributed by atoms with van der Waals surface area (Å²) < 4.78 is 0. The van der Waals surface area contributed by atoms with Crippen LogP contribution < -0.4 is 16.2 Å². The van der Waals surface area contributed by atoms with Gasteiger partial charge in [0.1, 0.15) is 0 Å². The maximum Gasteiger partial charge on any atom is 0.261 e. The quantitative estimate of drug-likeness (QED) is 0.274. The molecule has 6 nitrogen and oxygen atoms in total. The highest BCUT2D eigenvalue weighted by Gasteiger charge is 2.32. The Morgan fingerprint density at radius 2 is 1.67 bits per heavy atom. The average Bonchev–Trinajstić information content (AvgIpc) is 2.74. The van der Waals surface area contributed by atoms with Crippen molar-refractivity contribution in [1.82, 2.24) is 21.1 Å². The Morgan fingerprint density at radius 3 is 2.47 bits per heavy atom. The molecule has 162 valence electrons. The number of rotatable bonds is 12. The van der Waals surface area contributed by atoms with Gasteiger partial charge in [-0.2, -0.15) is 0 Å². The van der Waals surface area contributed by atoms with Crippen molar-refractivity contribution in [3.8, 4) is 0 Å². The van der Waals surface area contributed by atoms with Gasteiger partial charge in [-0.15, -0.1) is 0 Å². The second-order valence-corrected chi connectivity index (χ2v) is 8.04. The van der Waals surface area contributed by atoms with Crippen LogP contribution in [0.5, 0.6) is 0 Å². The van der Waals surface area contributed by atoms with Crippen molar-refractivity contribution in [3.63, 3.8) is 0 Å². The van der Waals surface area contributed by atoms with Gasteiger partial charge in [-0.1, -0.05) is 42.8 Å². The van der Waals surface area contributed by atoms with E-state index in [4.69, 9.17) is 11.6 Å². The van der Waals surface area contributed by atoms with E-state index in [-0.39, 0.29) is 18.2 Å². The number of carbonyl (C=O) groups is 2. The second-order valence-electron chi connectivity index (χ2n) is 7.63. The first-order chi connectivity index (χ1) is 14.6. The number of halogens is 1. The number of benzene rings is 2. The lowest BCUT2D eigenvalue weighted by Gasteiger charge is -2.28. The van der Waals surface area contributed by atoms with Crippen molar-refractivity contribution in [3.05, 3.63) is 46.5 Å². The Balaban J connectivity index is 1.47. The molecule has 1 aliphatic heterocycles. The van der Waals surface area contributed by atoms with Gasteiger partial charge in [0.25, 0.3) is 5.91 Å². The third kappa shape index (κ3) is 5.58. The maximum atomic E-state index is 13.1. The summed E-state index contributed by atoms with van der Waals surface area (Å²) in [5, 5.41) is 5.65. The minimum Gasteiger partial charge on any atom is -0.317 e. The number of hydrazine groups is 1. The first-order valence-corrected chi connectivity index (χ1v) is 11.2. The van der Waals surface area contributed by atoms with Crippen LogP contribution in [-0.2, 0) is 11.2 Å². The van der Waals surface area contributed by atoms with Crippen LogP contribution in [0.1, 0.15) is 48.5 Å². The Bertz CT molecular complexity index is 887. The summed E-state index contributed by atoms with van der Waals surface area (Å²) >= 11 is 6.36. The summed E-state index contributed by atoms with van der Waals surface area (Å²) in [5.74, 6) is -0.357. The normalized spacial score (nSPS) is 13.9. The molecule has 0 atom stereocenters. The predicted molar refractivity (Wildman–Crippen MR) is 122 cm³/mol. The Kier molecular flexibility index (Phi) is 8.63. The topological polar surface area (TPSA) is 73.5 Å². The molecular weight excluding hydrogens is 400 g/mol. The molecule has 3 rings (SSSR count). The number of amides is 2. The summed E-state index contributed by atoms with van der Waals surface area (Å²) in [5.41, 5.74) is 7.71. The lowest BCUT2D eigenvalue weighted by atomic mass is 9.92. The van der Waals surface area contributed by atoms with Crippen LogP contribution in [-0.4, -0.2) is 49.4 Å². The fraction of sp³-hybridized carbons (Fsp3) is 0.478. The summed E-state index contributed by atoms with van der Waals surface area (Å²) in [4.78, 5) is 27.0. The van der Waals surface area contributed by atoms with E-state index in [2.05, 4.69) is 23.1 Å². The molecular formula is C23H31ClN4O2. The summed E-state index contributed by atoms with van der Waals surface area (Å²) in [7, 11) is 0. The zero-order chi connectivity index (χ0) is 21.3. The molecule has 2 aromatic carbocycles. The minimum atomic E-state index is -0.209. The molecule has 3 N–H and O–H groups in total. The van der Waals surface area contributed by atoms with Gasteiger partial charge < -0.3 is 5.32 Å². The fourth-order valence-corrected chi connectivity index (χ4v) is 4.06. The van der Waals surface area contributed by atoms with Crippen LogP contribution in [0.4, 0.5) is 0 Å². The first kappa shape index (κ1) is 22.7. The van der Waals surface area contributed by atoms with Crippen molar-refractivity contribution in [2.75, 3.05) is 32.7 Å². The number of nitrogens with zero attached hydrogens (tertiary/aromatic N) is 1. The van der Waals surface area contributed by atoms with Crippen LogP contribution in [0.25, 0.3) is 10.8 Å². The molecule has 2 amide bonds. The van der Waals surface area contributed by atoms with Crippen molar-refractivity contribution < 1.29 is 9.59 Å². The van der Waals surface area contributed by atoms with E-state index in [0.29, 0.717) is 17.1 Å². The van der Waals surface area contributed by atoms with E-state index < -0.39 is 0 Å². The van der Waals surface area contributed by atoms with Crippen molar-refractivity contribution in [2.24, 2.45) is 0 Å². The maximum absolute atomic E-state index is 13.1. The van der Waals surface area contributed by atoms with Gasteiger partial charge in [-0.3, -0.25) is 25.3 Å². The monoisotopic (exact) mass is 430 g/mol. The Morgan fingerprint density at radius 1 is 0.967 bits per heavy atom. The van der Waals surface area contributed by atoms with Gasteiger partial charge in [0.05, 0.1) is 12.0 Å². The standard InChI is InChI=1S/C23H31ClN4O2/c1-2-10-26-27-13-6-5-11-25-12-7-14-28-21(29)16-17-15-20(24)18-8-3-4-9-19(18)22(17)23(28)30/h3-4,8-9,15,25-27H,2,5-7,10-14,16H2,1H3. The summed E-state index contributed by atoms with van der Waals surface area (Å²) in [6, 6.07) is 9.37. The van der Waals surface area contributed by atoms with E-state index in [0.717, 1.165) is 68.2 Å². The fourth-order valence-electron chi connectivity index (χ4n) is 3.76. The van der Waals surface area contributed by atoms with E-state index >= 15 is 0 Å². The zero-order valence-electron chi connectivity index (χ0n) is 17.6. The van der Waals surface area contributed by atoms with Gasteiger partial charge in [0, 0.05) is 30.0 Å². The number of hydrogen-bond donors (Lipinski definition) is 3. The molecule has 0 aromatic heterocycles. The number of imide groups is 1. The number of carbonyl (C=O) groups excluding carboxylic acids is 2. The lowest BCUT2D eigenvalue weighted by Crippen LogP contribution is -2.43. The molecule has 0 fully saturated rings. The molecule has 0 unspecified atom stereocenters. The molecule has 7 heteroatoms. The highest BCUT2D eigenvalue weighted by atomic mass is 35.5. The van der Waals surface area contributed by atoms with Crippen LogP contribution in [0.2, 0.25) is 5.02 Å². The summed E-state index contributed by atoms with van der Waals surface area (Å²) in [6.07, 6.45) is 4.26. The number of unbranched alkanes of at least 4 members (excludes halogenated alkanes) is 1. The highest BCUT2D eigenvalue weighted by molar-refractivity contribution is 6.36. The molecule has 0 spiro atoms. The van der Waals surface area contributed by atoms with Gasteiger partial charge >= 0.3 is 0 Å². The Labute approximate surface area is 183 Å². The van der Waals surface area contributed by atoms with Gasteiger partial charge in [-0.05, 0) is 55.8 Å². The smallest absolute Gasteiger partial charge is 0.261 e. The zero-order valence-corrected chi connectivity index (χ0v) is 18.4. The van der Waals surface area contributed by atoms with E-state index in [1.165, 1.54) is 4.90 Å². The number of nitrogens with one attached hydrogen (secondary N) is 3. The number of fused-ring (bicyclic) bond motifs is 3. The highest BCUT2D eigenvalue weighted by Crippen LogP contribution is 2.33. The second kappa shape index (κ2) is 11.4. The molecule has 30 heavy (non-hydrogen) atoms. The predicted octanol–water partition coefficient (Wildman–Crippen LogP) is 3.28. The van der Waals surface area contributed by atoms with Crippen LogP contribution in [0, 0.1) is 0 Å². The van der Waals surface area contributed by atoms with Gasteiger partial charge in [-0.25, -0.2) is 0 Å². The molecule has 1 heterocycles. The van der Waals surface area contributed by atoms with Crippen molar-refractivity contribution >= 4 is 34.2 Å². The van der Waals surface area contributed by atoms with E-state index in [1.54, 1.807) is 6.07 Å². The molecule has 1 aliphatic rings. The molecule has 2 aromatic rings. The summed E-state index contributed by atoms with van der Waals surface area (Å²) in [6.45, 7) is 6.23. The van der Waals surface area contributed by atoms with Crippen LogP contribution in [0.3, 0.4) is 0 Å². The average molecular weight is 431 g/mol. The first-order valence-electron chi connectivity index (χ1n) is 10.8. The van der Waals surface area contributed by atoms with Gasteiger partial charge in [0.2, 0.25) is 5.91 Å². The third-order valence-electron chi connectivity index (χ3n) is 5.32. The van der Waals surface area contributed by atoms with Crippen LogP contribution in [0.15, 0.2) is 30.3 Å². The lowest BCUT2D eigenvalue weighted by molar-refractivity contribution is -0.128. The Hall–Kier alpha value is -1.99. The number of hydrogen-bond acceptors (Lipinski definition) is 5. The molecule has 0 saturated heterocycles. The van der Waals surface area contributed by atoms with E-state index in [9.17, 15) is 9.59 Å². The molecule has 0 bridgehead atoms. The molecule has 0 aliphatic carbocycles. The third-order valence-corrected chi connectivity index (χ3v) is 5.63. The van der Waals surface area contributed by atoms with E-state index in [1.807, 2.05) is 24.3 Å².